The third kappa shape index (κ3) is 2.10. The minimum absolute atomic E-state index is 0.381. The first kappa shape index (κ1) is 10.0. The van der Waals surface area contributed by atoms with Crippen LogP contribution in [0, 0.1) is 11.3 Å². The van der Waals surface area contributed by atoms with Crippen LogP contribution in [-0.2, 0) is 4.79 Å². The van der Waals surface area contributed by atoms with Crippen LogP contribution in [0.3, 0.4) is 0 Å². The quantitative estimate of drug-likeness (QED) is 0.752. The van der Waals surface area contributed by atoms with E-state index in [1.165, 1.54) is 44.9 Å². The maximum atomic E-state index is 10.5. The summed E-state index contributed by atoms with van der Waals surface area (Å²) in [5.74, 6) is 0.123. The molecule has 0 aromatic carbocycles. The van der Waals surface area contributed by atoms with Crippen LogP contribution in [0.1, 0.15) is 57.8 Å². The van der Waals surface area contributed by atoms with Gasteiger partial charge in [0.1, 0.15) is 0 Å². The zero-order valence-electron chi connectivity index (χ0n) is 8.80. The van der Waals surface area contributed by atoms with Crippen molar-refractivity contribution < 1.29 is 9.90 Å². The molecule has 1 spiro atoms. The SMILES string of the molecule is O=C(O)CCC1CC12CCCCCC2. The van der Waals surface area contributed by atoms with E-state index < -0.39 is 5.97 Å². The number of hydrogen-bond donors (Lipinski definition) is 1. The summed E-state index contributed by atoms with van der Waals surface area (Å²) < 4.78 is 0. The molecule has 1 atom stereocenters. The van der Waals surface area contributed by atoms with Gasteiger partial charge in [-0.1, -0.05) is 25.7 Å². The predicted molar refractivity (Wildman–Crippen MR) is 55.1 cm³/mol. The minimum atomic E-state index is -0.624. The lowest BCUT2D eigenvalue weighted by molar-refractivity contribution is -0.137. The lowest BCUT2D eigenvalue weighted by atomic mass is 9.92. The van der Waals surface area contributed by atoms with Crippen molar-refractivity contribution in [3.63, 3.8) is 0 Å². The zero-order valence-corrected chi connectivity index (χ0v) is 8.80. The third-order valence-corrected chi connectivity index (χ3v) is 4.16. The van der Waals surface area contributed by atoms with Crippen LogP contribution in [0.4, 0.5) is 0 Å². The Hall–Kier alpha value is -0.530. The fraction of sp³-hybridized carbons (Fsp3) is 0.917. The molecule has 2 aliphatic rings. The molecule has 2 fully saturated rings. The maximum absolute atomic E-state index is 10.5. The Labute approximate surface area is 85.7 Å². The molecule has 0 bridgehead atoms. The van der Waals surface area contributed by atoms with Gasteiger partial charge in [-0.2, -0.15) is 0 Å². The Kier molecular flexibility index (Phi) is 2.80. The van der Waals surface area contributed by atoms with E-state index in [0.29, 0.717) is 11.8 Å². The standard InChI is InChI=1S/C12H20O2/c13-11(14)6-5-10-9-12(10)7-3-1-2-4-8-12/h10H,1-9H2,(H,13,14). The van der Waals surface area contributed by atoms with Gasteiger partial charge in [-0.05, 0) is 37.0 Å². The summed E-state index contributed by atoms with van der Waals surface area (Å²) in [6, 6.07) is 0. The molecule has 0 aliphatic heterocycles. The minimum Gasteiger partial charge on any atom is -0.481 e. The average Bonchev–Trinajstić information content (AvgIpc) is 2.88. The number of hydrogen-bond acceptors (Lipinski definition) is 1. The van der Waals surface area contributed by atoms with Crippen molar-refractivity contribution in [3.05, 3.63) is 0 Å². The van der Waals surface area contributed by atoms with Gasteiger partial charge in [0, 0.05) is 6.42 Å². The molecular formula is C12H20O2. The number of rotatable bonds is 3. The van der Waals surface area contributed by atoms with E-state index >= 15 is 0 Å². The first-order valence-electron chi connectivity index (χ1n) is 5.95. The molecule has 1 unspecified atom stereocenters. The second kappa shape index (κ2) is 3.92. The largest absolute Gasteiger partial charge is 0.481 e. The average molecular weight is 196 g/mol. The van der Waals surface area contributed by atoms with Crippen molar-refractivity contribution in [1.82, 2.24) is 0 Å². The van der Waals surface area contributed by atoms with Gasteiger partial charge in [0.15, 0.2) is 0 Å². The first-order valence-corrected chi connectivity index (χ1v) is 5.95. The van der Waals surface area contributed by atoms with Crippen molar-refractivity contribution in [2.24, 2.45) is 11.3 Å². The first-order chi connectivity index (χ1) is 6.73. The molecule has 0 saturated heterocycles. The summed E-state index contributed by atoms with van der Waals surface area (Å²) in [6.45, 7) is 0. The lowest BCUT2D eigenvalue weighted by Gasteiger charge is -2.13. The van der Waals surface area contributed by atoms with Crippen LogP contribution in [0.5, 0.6) is 0 Å². The van der Waals surface area contributed by atoms with E-state index in [2.05, 4.69) is 0 Å². The molecule has 0 aromatic rings. The Balaban J connectivity index is 1.79. The third-order valence-electron chi connectivity index (χ3n) is 4.16. The molecular weight excluding hydrogens is 176 g/mol. The fourth-order valence-corrected chi connectivity index (χ4v) is 3.18. The Morgan fingerprint density at radius 2 is 1.86 bits per heavy atom. The van der Waals surface area contributed by atoms with E-state index in [1.807, 2.05) is 0 Å². The number of aliphatic carboxylic acids is 1. The molecule has 2 rings (SSSR count). The molecule has 0 aromatic heterocycles. The van der Waals surface area contributed by atoms with E-state index in [4.69, 9.17) is 5.11 Å². The van der Waals surface area contributed by atoms with Gasteiger partial charge < -0.3 is 5.11 Å². The second-order valence-electron chi connectivity index (χ2n) is 5.11. The van der Waals surface area contributed by atoms with Crippen LogP contribution in [-0.4, -0.2) is 11.1 Å². The molecule has 0 amide bonds. The highest BCUT2D eigenvalue weighted by molar-refractivity contribution is 5.66. The molecule has 14 heavy (non-hydrogen) atoms. The van der Waals surface area contributed by atoms with Crippen LogP contribution >= 0.6 is 0 Å². The van der Waals surface area contributed by atoms with Crippen molar-refractivity contribution in [3.8, 4) is 0 Å². The van der Waals surface area contributed by atoms with E-state index in [0.717, 1.165) is 12.3 Å². The smallest absolute Gasteiger partial charge is 0.303 e. The van der Waals surface area contributed by atoms with Crippen LogP contribution in [0.15, 0.2) is 0 Å². The lowest BCUT2D eigenvalue weighted by Crippen LogP contribution is -2.04. The van der Waals surface area contributed by atoms with Crippen LogP contribution in [0.25, 0.3) is 0 Å². The Morgan fingerprint density at radius 3 is 2.43 bits per heavy atom. The van der Waals surface area contributed by atoms with Gasteiger partial charge in [-0.3, -0.25) is 4.79 Å². The van der Waals surface area contributed by atoms with Gasteiger partial charge in [-0.15, -0.1) is 0 Å². The molecule has 0 heterocycles. The van der Waals surface area contributed by atoms with E-state index in [-0.39, 0.29) is 0 Å². The monoisotopic (exact) mass is 196 g/mol. The summed E-state index contributed by atoms with van der Waals surface area (Å²) in [7, 11) is 0. The Bertz CT molecular complexity index is 214. The van der Waals surface area contributed by atoms with Crippen LogP contribution < -0.4 is 0 Å². The van der Waals surface area contributed by atoms with Crippen molar-refractivity contribution in [2.45, 2.75) is 57.8 Å². The molecule has 2 aliphatic carbocycles. The van der Waals surface area contributed by atoms with Crippen molar-refractivity contribution >= 4 is 5.97 Å². The van der Waals surface area contributed by atoms with E-state index in [1.54, 1.807) is 0 Å². The summed E-state index contributed by atoms with van der Waals surface area (Å²) >= 11 is 0. The van der Waals surface area contributed by atoms with Gasteiger partial charge in [0.25, 0.3) is 0 Å². The number of carboxylic acid groups (broad SMARTS) is 1. The summed E-state index contributed by atoms with van der Waals surface area (Å²) in [5.41, 5.74) is 0.603. The van der Waals surface area contributed by atoms with Gasteiger partial charge in [0.2, 0.25) is 0 Å². The summed E-state index contributed by atoms with van der Waals surface area (Å²) in [6.07, 6.45) is 10.9. The molecule has 80 valence electrons. The highest BCUT2D eigenvalue weighted by Crippen LogP contribution is 2.62. The number of carbonyl (C=O) groups is 1. The van der Waals surface area contributed by atoms with Crippen molar-refractivity contribution in [1.29, 1.82) is 0 Å². The highest BCUT2D eigenvalue weighted by atomic mass is 16.4. The maximum Gasteiger partial charge on any atom is 0.303 e. The number of carboxylic acids is 1. The highest BCUT2D eigenvalue weighted by Gasteiger charge is 2.52. The van der Waals surface area contributed by atoms with Gasteiger partial charge in [-0.25, -0.2) is 0 Å². The molecule has 2 saturated carbocycles. The molecule has 0 radical (unpaired) electrons. The summed E-state index contributed by atoms with van der Waals surface area (Å²) in [4.78, 5) is 10.5. The fourth-order valence-electron chi connectivity index (χ4n) is 3.18. The molecule has 2 nitrogen and oxygen atoms in total. The Morgan fingerprint density at radius 1 is 1.21 bits per heavy atom. The van der Waals surface area contributed by atoms with Crippen molar-refractivity contribution in [2.75, 3.05) is 0 Å². The second-order valence-corrected chi connectivity index (χ2v) is 5.11. The molecule has 2 heteroatoms. The van der Waals surface area contributed by atoms with Gasteiger partial charge in [0.05, 0.1) is 0 Å². The van der Waals surface area contributed by atoms with Gasteiger partial charge >= 0.3 is 5.97 Å². The molecule has 1 N–H and O–H groups in total. The summed E-state index contributed by atoms with van der Waals surface area (Å²) in [5, 5.41) is 8.63. The predicted octanol–water partition coefficient (Wildman–Crippen LogP) is 3.21. The topological polar surface area (TPSA) is 37.3 Å². The normalized spacial score (nSPS) is 29.9. The van der Waals surface area contributed by atoms with Crippen LogP contribution in [0.2, 0.25) is 0 Å². The van der Waals surface area contributed by atoms with E-state index in [9.17, 15) is 4.79 Å². The zero-order chi connectivity index (χ0) is 10.0.